The summed E-state index contributed by atoms with van der Waals surface area (Å²) in [6, 6.07) is 3.73. The van der Waals surface area contributed by atoms with E-state index in [1.807, 2.05) is 0 Å². The van der Waals surface area contributed by atoms with Crippen LogP contribution in [0.25, 0.3) is 0 Å². The number of ether oxygens (including phenoxy) is 1. The van der Waals surface area contributed by atoms with Crippen molar-refractivity contribution in [2.45, 2.75) is 11.8 Å². The quantitative estimate of drug-likeness (QED) is 0.752. The molecule has 0 aliphatic carbocycles. The average molecular weight is 282 g/mol. The van der Waals surface area contributed by atoms with Gasteiger partial charge >= 0.3 is 6.18 Å². The first-order valence-corrected chi connectivity index (χ1v) is 5.36. The Balaban J connectivity index is 2.58. The average Bonchev–Trinajstić information content (AvgIpc) is 2.64. The van der Waals surface area contributed by atoms with Crippen LogP contribution in [-0.4, -0.2) is 12.8 Å². The molecule has 17 heavy (non-hydrogen) atoms. The van der Waals surface area contributed by atoms with E-state index in [1.165, 1.54) is 18.2 Å². The van der Waals surface area contributed by atoms with Crippen molar-refractivity contribution in [1.29, 1.82) is 0 Å². The Morgan fingerprint density at radius 2 is 1.76 bits per heavy atom. The highest BCUT2D eigenvalue weighted by Gasteiger charge is 2.57. The van der Waals surface area contributed by atoms with Crippen molar-refractivity contribution in [2.24, 2.45) is 0 Å². The summed E-state index contributed by atoms with van der Waals surface area (Å²) in [7, 11) is 0. The van der Waals surface area contributed by atoms with Crippen molar-refractivity contribution in [3.05, 3.63) is 46.0 Å². The van der Waals surface area contributed by atoms with Gasteiger partial charge in [0.05, 0.1) is 6.61 Å². The summed E-state index contributed by atoms with van der Waals surface area (Å²) >= 11 is 11.4. The Labute approximate surface area is 106 Å². The molecule has 91 valence electrons. The summed E-state index contributed by atoms with van der Waals surface area (Å²) in [4.78, 5) is 0. The molecule has 1 heterocycles. The minimum Gasteiger partial charge on any atom is -0.352 e. The number of hydrogen-bond donors (Lipinski definition) is 0. The van der Waals surface area contributed by atoms with E-state index in [2.05, 4.69) is 6.08 Å². The fraction of sp³-hybridized carbons (Fsp3) is 0.273. The lowest BCUT2D eigenvalue weighted by molar-refractivity contribution is -0.254. The van der Waals surface area contributed by atoms with Gasteiger partial charge in [0.25, 0.3) is 0 Å². The highest BCUT2D eigenvalue weighted by molar-refractivity contribution is 6.34. The van der Waals surface area contributed by atoms with Crippen LogP contribution < -0.4 is 0 Å². The van der Waals surface area contributed by atoms with Crippen LogP contribution in [-0.2, 0) is 10.3 Å². The molecular formula is C11H6Cl2F3O. The third-order valence-corrected chi connectivity index (χ3v) is 2.84. The van der Waals surface area contributed by atoms with Crippen LogP contribution in [0.15, 0.2) is 24.3 Å². The lowest BCUT2D eigenvalue weighted by atomic mass is 9.93. The molecule has 1 nitrogen and oxygen atoms in total. The van der Waals surface area contributed by atoms with E-state index in [1.54, 1.807) is 0 Å². The Morgan fingerprint density at radius 3 is 2.18 bits per heavy atom. The standard InChI is InChI=1S/C11H6Cl2F3O/c12-8-4-7(5-9(13)6-8)10(11(14,15)16)2-1-3-17-10/h2,4-6H,3H2. The zero-order valence-electron chi connectivity index (χ0n) is 8.31. The predicted octanol–water partition coefficient (Wildman–Crippen LogP) is 4.14. The van der Waals surface area contributed by atoms with Crippen molar-refractivity contribution in [3.63, 3.8) is 0 Å². The minimum atomic E-state index is -4.59. The first-order valence-electron chi connectivity index (χ1n) is 4.60. The van der Waals surface area contributed by atoms with Crippen LogP contribution in [0.4, 0.5) is 13.2 Å². The Kier molecular flexibility index (Phi) is 3.14. The molecule has 0 spiro atoms. The molecule has 1 atom stereocenters. The summed E-state index contributed by atoms with van der Waals surface area (Å²) in [5.74, 6) is 0. The topological polar surface area (TPSA) is 9.23 Å². The Bertz CT molecular complexity index is 450. The maximum atomic E-state index is 13.1. The van der Waals surface area contributed by atoms with Crippen LogP contribution in [0.1, 0.15) is 5.56 Å². The first kappa shape index (κ1) is 12.7. The molecule has 0 bridgehead atoms. The molecule has 6 heteroatoms. The number of hydrogen-bond acceptors (Lipinski definition) is 1. The molecule has 1 radical (unpaired) electrons. The molecule has 0 fully saturated rings. The fourth-order valence-electron chi connectivity index (χ4n) is 1.64. The van der Waals surface area contributed by atoms with Crippen molar-refractivity contribution < 1.29 is 17.9 Å². The molecule has 0 amide bonds. The molecule has 1 aromatic carbocycles. The molecule has 1 aromatic rings. The number of benzene rings is 1. The van der Waals surface area contributed by atoms with Gasteiger partial charge in [0.2, 0.25) is 5.60 Å². The van der Waals surface area contributed by atoms with Gasteiger partial charge in [-0.2, -0.15) is 13.2 Å². The summed E-state index contributed by atoms with van der Waals surface area (Å²) in [5, 5.41) is 0.250. The van der Waals surface area contributed by atoms with E-state index < -0.39 is 11.8 Å². The van der Waals surface area contributed by atoms with Crippen molar-refractivity contribution in [2.75, 3.05) is 6.61 Å². The summed E-state index contributed by atoms with van der Waals surface area (Å²) in [5.41, 5.74) is -2.64. The molecule has 2 rings (SSSR count). The molecule has 1 aliphatic rings. The van der Waals surface area contributed by atoms with Crippen LogP contribution >= 0.6 is 23.2 Å². The second-order valence-electron chi connectivity index (χ2n) is 3.53. The number of alkyl halides is 3. The van der Waals surface area contributed by atoms with Crippen LogP contribution in [0.2, 0.25) is 10.0 Å². The van der Waals surface area contributed by atoms with Gasteiger partial charge in [-0.05, 0) is 35.9 Å². The van der Waals surface area contributed by atoms with Crippen molar-refractivity contribution >= 4 is 23.2 Å². The van der Waals surface area contributed by atoms with E-state index in [9.17, 15) is 13.2 Å². The smallest absolute Gasteiger partial charge is 0.352 e. The lowest BCUT2D eigenvalue weighted by Gasteiger charge is -2.30. The van der Waals surface area contributed by atoms with Crippen molar-refractivity contribution in [1.82, 2.24) is 0 Å². The molecule has 1 aliphatic heterocycles. The van der Waals surface area contributed by atoms with Gasteiger partial charge in [0, 0.05) is 10.0 Å². The molecule has 0 saturated carbocycles. The van der Waals surface area contributed by atoms with Crippen LogP contribution in [0, 0.1) is 6.08 Å². The molecule has 0 aromatic heterocycles. The van der Waals surface area contributed by atoms with Crippen LogP contribution in [0.3, 0.4) is 0 Å². The van der Waals surface area contributed by atoms with Gasteiger partial charge in [-0.3, -0.25) is 0 Å². The summed E-state index contributed by atoms with van der Waals surface area (Å²) in [6.07, 6.45) is -1.33. The Hall–Kier alpha value is -0.710. The molecular weight excluding hydrogens is 276 g/mol. The lowest BCUT2D eigenvalue weighted by Crippen LogP contribution is -2.41. The first-order chi connectivity index (χ1) is 7.85. The zero-order chi connectivity index (χ0) is 12.7. The van der Waals surface area contributed by atoms with E-state index in [4.69, 9.17) is 27.9 Å². The maximum Gasteiger partial charge on any atom is 0.425 e. The second-order valence-corrected chi connectivity index (χ2v) is 4.40. The largest absolute Gasteiger partial charge is 0.425 e. The summed E-state index contributed by atoms with van der Waals surface area (Å²) < 4.78 is 44.0. The van der Waals surface area contributed by atoms with Crippen LogP contribution in [0.5, 0.6) is 0 Å². The van der Waals surface area contributed by atoms with E-state index >= 15 is 0 Å². The van der Waals surface area contributed by atoms with E-state index in [0.717, 1.165) is 6.08 Å². The highest BCUT2D eigenvalue weighted by atomic mass is 35.5. The van der Waals surface area contributed by atoms with Gasteiger partial charge in [-0.25, -0.2) is 0 Å². The van der Waals surface area contributed by atoms with E-state index in [-0.39, 0.29) is 22.2 Å². The maximum absolute atomic E-state index is 13.1. The van der Waals surface area contributed by atoms with Gasteiger partial charge in [0.1, 0.15) is 0 Å². The monoisotopic (exact) mass is 281 g/mol. The number of halogens is 5. The van der Waals surface area contributed by atoms with Gasteiger partial charge in [-0.1, -0.05) is 23.2 Å². The predicted molar refractivity (Wildman–Crippen MR) is 58.0 cm³/mol. The second kappa shape index (κ2) is 4.19. The fourth-order valence-corrected chi connectivity index (χ4v) is 2.17. The van der Waals surface area contributed by atoms with Gasteiger partial charge in [0.15, 0.2) is 0 Å². The molecule has 0 saturated heterocycles. The van der Waals surface area contributed by atoms with E-state index in [0.29, 0.717) is 0 Å². The minimum absolute atomic E-state index is 0.125. The SMILES string of the molecule is FC(F)(F)C1(c2cc(Cl)cc(Cl)c2)C=[C]CO1. The third kappa shape index (κ3) is 2.17. The van der Waals surface area contributed by atoms with Gasteiger partial charge < -0.3 is 4.74 Å². The Morgan fingerprint density at radius 1 is 1.18 bits per heavy atom. The van der Waals surface area contributed by atoms with Crippen molar-refractivity contribution in [3.8, 4) is 0 Å². The highest BCUT2D eigenvalue weighted by Crippen LogP contribution is 2.46. The summed E-state index contributed by atoms with van der Waals surface area (Å²) in [6.45, 7) is -0.219. The normalized spacial score (nSPS) is 24.3. The third-order valence-electron chi connectivity index (χ3n) is 2.40. The molecule has 1 unspecified atom stereocenters. The molecule has 0 N–H and O–H groups in total. The zero-order valence-corrected chi connectivity index (χ0v) is 9.83. The van der Waals surface area contributed by atoms with Gasteiger partial charge in [-0.15, -0.1) is 0 Å². The number of rotatable bonds is 1.